The fourth-order valence-corrected chi connectivity index (χ4v) is 11.9. The number of likely N-dealkylation sites (N-methyl/N-ethyl adjacent to an activating group) is 1. The molecule has 3 aromatic carbocycles. The topological polar surface area (TPSA) is 99.6 Å². The van der Waals surface area contributed by atoms with Crippen LogP contribution in [0.2, 0.25) is 18.6 Å². The standard InChI is InChI=1S/C36H43N3O6Si/c1-24-34(46(4,5)28-14-12-27(44-3)13-15-28)31(22-33(42)38(19-20-40)23-25-9-7-6-8-10-25)45-36(24)29-21-26(39-18-17-32(39)41)11-16-30(29)37(2)35(36)43/h6-16,21,24,31,34,40H,17-20,22-23H2,1-5H3/t24-,31+,34-,36+/m0/s1. The van der Waals surface area contributed by atoms with Gasteiger partial charge in [-0.2, -0.15) is 0 Å². The van der Waals surface area contributed by atoms with Gasteiger partial charge < -0.3 is 29.3 Å². The minimum Gasteiger partial charge on any atom is -0.497 e. The molecular weight excluding hydrogens is 598 g/mol. The molecule has 0 saturated carbocycles. The van der Waals surface area contributed by atoms with E-state index in [9.17, 15) is 19.5 Å². The van der Waals surface area contributed by atoms with Gasteiger partial charge in [-0.15, -0.1) is 0 Å². The van der Waals surface area contributed by atoms with Crippen LogP contribution in [0, 0.1) is 5.92 Å². The number of rotatable bonds is 10. The maximum Gasteiger partial charge on any atom is 0.264 e. The van der Waals surface area contributed by atoms with E-state index in [1.165, 1.54) is 5.19 Å². The van der Waals surface area contributed by atoms with Gasteiger partial charge in [-0.1, -0.05) is 67.7 Å². The number of benzene rings is 3. The van der Waals surface area contributed by atoms with Crippen molar-refractivity contribution in [2.45, 2.75) is 56.7 Å². The van der Waals surface area contributed by atoms with Crippen molar-refractivity contribution in [2.75, 3.05) is 43.7 Å². The van der Waals surface area contributed by atoms with Crippen molar-refractivity contribution in [3.05, 3.63) is 83.9 Å². The number of ether oxygens (including phenoxy) is 2. The first-order valence-corrected chi connectivity index (χ1v) is 19.1. The molecule has 0 radical (unpaired) electrons. The normalized spacial score (nSPS) is 23.9. The molecule has 0 aromatic heterocycles. The van der Waals surface area contributed by atoms with Gasteiger partial charge in [0.15, 0.2) is 5.60 Å². The predicted octanol–water partition coefficient (Wildman–Crippen LogP) is 4.04. The maximum absolute atomic E-state index is 14.4. The summed E-state index contributed by atoms with van der Waals surface area (Å²) in [6.45, 7) is 7.71. The van der Waals surface area contributed by atoms with E-state index in [0.717, 1.165) is 28.3 Å². The summed E-state index contributed by atoms with van der Waals surface area (Å²) in [4.78, 5) is 46.0. The summed E-state index contributed by atoms with van der Waals surface area (Å²) < 4.78 is 12.5. The fourth-order valence-electron chi connectivity index (χ4n) is 7.88. The lowest BCUT2D eigenvalue weighted by molar-refractivity contribution is -0.149. The van der Waals surface area contributed by atoms with Crippen LogP contribution in [0.25, 0.3) is 0 Å². The van der Waals surface area contributed by atoms with Crippen LogP contribution in [-0.4, -0.2) is 75.8 Å². The molecule has 0 unspecified atom stereocenters. The van der Waals surface area contributed by atoms with Crippen molar-refractivity contribution >= 4 is 42.4 Å². The van der Waals surface area contributed by atoms with Gasteiger partial charge in [0, 0.05) is 50.3 Å². The van der Waals surface area contributed by atoms with Gasteiger partial charge in [-0.25, -0.2) is 0 Å². The summed E-state index contributed by atoms with van der Waals surface area (Å²) in [5.41, 5.74) is 1.82. The summed E-state index contributed by atoms with van der Waals surface area (Å²) >= 11 is 0. The molecule has 242 valence electrons. The molecular formula is C36H43N3O6Si. The van der Waals surface area contributed by atoms with Crippen molar-refractivity contribution in [3.63, 3.8) is 0 Å². The van der Waals surface area contributed by atoms with E-state index in [2.05, 4.69) is 32.2 Å². The number of carbonyl (C=O) groups excluding carboxylic acids is 3. The Morgan fingerprint density at radius 2 is 1.80 bits per heavy atom. The number of aliphatic hydroxyl groups excluding tert-OH is 1. The van der Waals surface area contributed by atoms with E-state index in [4.69, 9.17) is 9.47 Å². The van der Waals surface area contributed by atoms with Gasteiger partial charge in [0.25, 0.3) is 5.91 Å². The van der Waals surface area contributed by atoms with Crippen molar-refractivity contribution in [3.8, 4) is 5.75 Å². The zero-order valence-electron chi connectivity index (χ0n) is 27.2. The molecule has 3 heterocycles. The number of fused-ring (bicyclic) bond motifs is 2. The van der Waals surface area contributed by atoms with Gasteiger partial charge >= 0.3 is 0 Å². The Labute approximate surface area is 271 Å². The summed E-state index contributed by atoms with van der Waals surface area (Å²) in [5, 5.41) is 11.1. The van der Waals surface area contributed by atoms with Gasteiger partial charge in [0.1, 0.15) is 5.75 Å². The zero-order valence-corrected chi connectivity index (χ0v) is 28.2. The van der Waals surface area contributed by atoms with Gasteiger partial charge in [-0.3, -0.25) is 14.4 Å². The maximum atomic E-state index is 14.4. The lowest BCUT2D eigenvalue weighted by Gasteiger charge is -2.37. The average molecular weight is 642 g/mol. The predicted molar refractivity (Wildman–Crippen MR) is 180 cm³/mol. The van der Waals surface area contributed by atoms with Crippen LogP contribution >= 0.6 is 0 Å². The third-order valence-electron chi connectivity index (χ3n) is 10.4. The first kappa shape index (κ1) is 32.0. The Morgan fingerprint density at radius 3 is 2.41 bits per heavy atom. The molecule has 3 aliphatic heterocycles. The van der Waals surface area contributed by atoms with E-state index < -0.39 is 19.8 Å². The number of hydrogen-bond acceptors (Lipinski definition) is 6. The van der Waals surface area contributed by atoms with E-state index in [1.54, 1.807) is 28.9 Å². The quantitative estimate of drug-likeness (QED) is 0.265. The Balaban J connectivity index is 1.42. The molecule has 4 atom stereocenters. The molecule has 3 aliphatic rings. The highest BCUT2D eigenvalue weighted by molar-refractivity contribution is 6.91. The molecule has 2 fully saturated rings. The third-order valence-corrected chi connectivity index (χ3v) is 14.8. The van der Waals surface area contributed by atoms with Crippen LogP contribution in [0.1, 0.15) is 30.9 Å². The Morgan fingerprint density at radius 1 is 1.09 bits per heavy atom. The monoisotopic (exact) mass is 641 g/mol. The van der Waals surface area contributed by atoms with Crippen LogP contribution in [-0.2, 0) is 31.3 Å². The molecule has 3 aromatic rings. The second-order valence-corrected chi connectivity index (χ2v) is 17.9. The molecule has 1 spiro atoms. The Kier molecular flexibility index (Phi) is 8.56. The highest BCUT2D eigenvalue weighted by Gasteiger charge is 2.66. The van der Waals surface area contributed by atoms with Gasteiger partial charge in [-0.05, 0) is 41.4 Å². The second kappa shape index (κ2) is 12.3. The average Bonchev–Trinajstić information content (AvgIpc) is 3.46. The van der Waals surface area contributed by atoms with Gasteiger partial charge in [0.2, 0.25) is 11.8 Å². The highest BCUT2D eigenvalue weighted by atomic mass is 28.3. The molecule has 10 heteroatoms. The SMILES string of the molecule is COc1ccc([Si](C)(C)[C@@H]2[C@@H](CC(=O)N(CCO)Cc3ccccc3)O[C@]3(C(=O)N(C)c4ccc(N5CCC5=O)cc43)[C@H]2C)cc1. The number of nitrogens with zero attached hydrogens (tertiary/aromatic N) is 3. The Hall–Kier alpha value is -3.99. The van der Waals surface area contributed by atoms with E-state index in [1.807, 2.05) is 60.7 Å². The number of anilines is 2. The molecule has 0 aliphatic carbocycles. The van der Waals surface area contributed by atoms with Crippen LogP contribution in [0.3, 0.4) is 0 Å². The minimum absolute atomic E-state index is 0.0591. The molecule has 9 nitrogen and oxygen atoms in total. The zero-order chi connectivity index (χ0) is 32.8. The molecule has 6 rings (SSSR count). The Bertz CT molecular complexity index is 1630. The number of carbonyl (C=O) groups is 3. The smallest absolute Gasteiger partial charge is 0.264 e. The van der Waals surface area contributed by atoms with E-state index in [0.29, 0.717) is 19.5 Å². The van der Waals surface area contributed by atoms with Crippen LogP contribution in [0.15, 0.2) is 72.8 Å². The van der Waals surface area contributed by atoms with Crippen LogP contribution in [0.4, 0.5) is 11.4 Å². The summed E-state index contributed by atoms with van der Waals surface area (Å²) in [5.74, 6) is 0.271. The lowest BCUT2D eigenvalue weighted by Crippen LogP contribution is -2.52. The number of methoxy groups -OCH3 is 1. The fraction of sp³-hybridized carbons (Fsp3) is 0.417. The van der Waals surface area contributed by atoms with Gasteiger partial charge in [0.05, 0.1) is 40.0 Å². The number of aliphatic hydroxyl groups is 1. The highest BCUT2D eigenvalue weighted by Crippen LogP contribution is 2.60. The number of β-lactam (4-membered cyclic amide) rings is 1. The molecule has 46 heavy (non-hydrogen) atoms. The first-order valence-electron chi connectivity index (χ1n) is 16.0. The lowest BCUT2D eigenvalue weighted by atomic mass is 9.82. The summed E-state index contributed by atoms with van der Waals surface area (Å²) in [7, 11) is 0.964. The molecule has 1 N–H and O–H groups in total. The van der Waals surface area contributed by atoms with Crippen molar-refractivity contribution < 1.29 is 29.0 Å². The van der Waals surface area contributed by atoms with Crippen molar-refractivity contribution in [1.82, 2.24) is 4.90 Å². The van der Waals surface area contributed by atoms with Crippen LogP contribution < -0.4 is 19.7 Å². The molecule has 3 amide bonds. The number of hydrogen-bond donors (Lipinski definition) is 1. The van der Waals surface area contributed by atoms with Crippen molar-refractivity contribution in [2.24, 2.45) is 5.92 Å². The molecule has 2 saturated heterocycles. The minimum atomic E-state index is -2.45. The molecule has 0 bridgehead atoms. The second-order valence-electron chi connectivity index (χ2n) is 13.2. The largest absolute Gasteiger partial charge is 0.497 e. The third kappa shape index (κ3) is 5.22. The van der Waals surface area contributed by atoms with E-state index in [-0.39, 0.29) is 48.8 Å². The van der Waals surface area contributed by atoms with Crippen molar-refractivity contribution in [1.29, 1.82) is 0 Å². The van der Waals surface area contributed by atoms with E-state index >= 15 is 0 Å². The number of amides is 3. The van der Waals surface area contributed by atoms with Crippen LogP contribution in [0.5, 0.6) is 5.75 Å². The summed E-state index contributed by atoms with van der Waals surface area (Å²) in [6, 6.07) is 23.6. The first-order chi connectivity index (χ1) is 22.0. The summed E-state index contributed by atoms with van der Waals surface area (Å²) in [6.07, 6.45) is 0.0305.